The van der Waals surface area contributed by atoms with E-state index in [1.807, 2.05) is 24.3 Å². The van der Waals surface area contributed by atoms with Gasteiger partial charge >= 0.3 is 0 Å². The lowest BCUT2D eigenvalue weighted by Gasteiger charge is -2.11. The lowest BCUT2D eigenvalue weighted by molar-refractivity contribution is 1.16. The third kappa shape index (κ3) is 2.84. The molecule has 0 amide bonds. The number of fused-ring (bicyclic) bond motifs is 1. The van der Waals surface area contributed by atoms with Crippen LogP contribution in [0.3, 0.4) is 0 Å². The van der Waals surface area contributed by atoms with Gasteiger partial charge in [0.25, 0.3) is 0 Å². The van der Waals surface area contributed by atoms with Gasteiger partial charge in [0.1, 0.15) is 6.07 Å². The molecule has 3 aromatic carbocycles. The number of nitrogens with one attached hydrogen (secondary N) is 1. The highest BCUT2D eigenvalue weighted by Crippen LogP contribution is 2.23. The van der Waals surface area contributed by atoms with Crippen molar-refractivity contribution < 1.29 is 0 Å². The molecule has 3 rings (SSSR count). The second kappa shape index (κ2) is 5.87. The Morgan fingerprint density at radius 2 is 1.81 bits per heavy atom. The van der Waals surface area contributed by atoms with E-state index < -0.39 is 0 Å². The molecule has 2 nitrogen and oxygen atoms in total. The number of halogens is 1. The molecule has 21 heavy (non-hydrogen) atoms. The maximum atomic E-state index is 9.16. The van der Waals surface area contributed by atoms with Gasteiger partial charge in [-0.25, -0.2) is 0 Å². The van der Waals surface area contributed by atoms with Gasteiger partial charge in [0.05, 0.1) is 11.3 Å². The molecule has 0 bridgehead atoms. The summed E-state index contributed by atoms with van der Waals surface area (Å²) in [4.78, 5) is 0. The first-order chi connectivity index (χ1) is 10.3. The van der Waals surface area contributed by atoms with Crippen molar-refractivity contribution in [3.05, 3.63) is 76.8 Å². The van der Waals surface area contributed by atoms with Gasteiger partial charge in [-0.3, -0.25) is 0 Å². The number of hydrogen-bond acceptors (Lipinski definition) is 2. The van der Waals surface area contributed by atoms with Crippen molar-refractivity contribution in [2.24, 2.45) is 0 Å². The molecule has 0 aliphatic heterocycles. The Kier molecular flexibility index (Phi) is 3.77. The SMILES string of the molecule is N#Cc1cc(Cl)ccc1NCc1cccc2ccccc12. The largest absolute Gasteiger partial charge is 0.380 e. The van der Waals surface area contributed by atoms with Gasteiger partial charge in [-0.05, 0) is 34.5 Å². The van der Waals surface area contributed by atoms with Gasteiger partial charge < -0.3 is 5.32 Å². The van der Waals surface area contributed by atoms with Crippen molar-refractivity contribution in [3.63, 3.8) is 0 Å². The fourth-order valence-electron chi connectivity index (χ4n) is 2.40. The van der Waals surface area contributed by atoms with E-state index in [0.717, 1.165) is 5.69 Å². The lowest BCUT2D eigenvalue weighted by atomic mass is 10.0. The molecule has 1 N–H and O–H groups in total. The molecule has 0 saturated heterocycles. The average molecular weight is 293 g/mol. The van der Waals surface area contributed by atoms with Crippen molar-refractivity contribution in [2.45, 2.75) is 6.54 Å². The van der Waals surface area contributed by atoms with Crippen LogP contribution in [-0.2, 0) is 6.54 Å². The topological polar surface area (TPSA) is 35.8 Å². The standard InChI is InChI=1S/C18H13ClN2/c19-16-8-9-18(15(10-16)11-20)21-12-14-6-3-5-13-4-1-2-7-17(13)14/h1-10,21H,12H2. The fourth-order valence-corrected chi connectivity index (χ4v) is 2.57. The molecule has 0 spiro atoms. The summed E-state index contributed by atoms with van der Waals surface area (Å²) >= 11 is 5.91. The van der Waals surface area contributed by atoms with E-state index in [-0.39, 0.29) is 0 Å². The summed E-state index contributed by atoms with van der Waals surface area (Å²) in [7, 11) is 0. The quantitative estimate of drug-likeness (QED) is 0.739. The lowest BCUT2D eigenvalue weighted by Crippen LogP contribution is -2.01. The maximum absolute atomic E-state index is 9.16. The van der Waals surface area contributed by atoms with Crippen LogP contribution in [0.2, 0.25) is 5.02 Å². The second-order valence-corrected chi connectivity index (χ2v) is 5.23. The molecule has 0 aliphatic carbocycles. The van der Waals surface area contributed by atoms with E-state index >= 15 is 0 Å². The summed E-state index contributed by atoms with van der Waals surface area (Å²) in [5.74, 6) is 0. The van der Waals surface area contributed by atoms with Gasteiger partial charge in [-0.15, -0.1) is 0 Å². The summed E-state index contributed by atoms with van der Waals surface area (Å²) in [6, 6.07) is 22.0. The van der Waals surface area contributed by atoms with Crippen LogP contribution in [-0.4, -0.2) is 0 Å². The number of benzene rings is 3. The van der Waals surface area contributed by atoms with Crippen molar-refractivity contribution >= 4 is 28.1 Å². The summed E-state index contributed by atoms with van der Waals surface area (Å²) in [6.07, 6.45) is 0. The van der Waals surface area contributed by atoms with Crippen molar-refractivity contribution in [1.29, 1.82) is 5.26 Å². The molecule has 0 fully saturated rings. The number of anilines is 1. The third-order valence-corrected chi connectivity index (χ3v) is 3.69. The van der Waals surface area contributed by atoms with Crippen LogP contribution >= 0.6 is 11.6 Å². The van der Waals surface area contributed by atoms with E-state index in [9.17, 15) is 0 Å². The Balaban J connectivity index is 1.89. The van der Waals surface area contributed by atoms with Crippen LogP contribution in [0, 0.1) is 11.3 Å². The molecule has 3 aromatic rings. The fraction of sp³-hybridized carbons (Fsp3) is 0.0556. The van der Waals surface area contributed by atoms with Crippen LogP contribution in [0.25, 0.3) is 10.8 Å². The molecule has 3 heteroatoms. The van der Waals surface area contributed by atoms with Crippen LogP contribution < -0.4 is 5.32 Å². The number of rotatable bonds is 3. The maximum Gasteiger partial charge on any atom is 0.101 e. The predicted octanol–water partition coefficient (Wildman–Crippen LogP) is 4.98. The number of hydrogen-bond donors (Lipinski definition) is 1. The highest BCUT2D eigenvalue weighted by atomic mass is 35.5. The van der Waals surface area contributed by atoms with Crippen LogP contribution in [0.4, 0.5) is 5.69 Å². The molecule has 0 aliphatic rings. The minimum atomic E-state index is 0.558. The van der Waals surface area contributed by atoms with E-state index in [0.29, 0.717) is 17.1 Å². The predicted molar refractivity (Wildman–Crippen MR) is 87.4 cm³/mol. The molecule has 0 radical (unpaired) electrons. The first-order valence-electron chi connectivity index (χ1n) is 6.68. The zero-order valence-corrected chi connectivity index (χ0v) is 12.1. The molecule has 0 saturated carbocycles. The normalized spacial score (nSPS) is 10.3. The number of nitrogens with zero attached hydrogens (tertiary/aromatic N) is 1. The Hall–Kier alpha value is -2.50. The highest BCUT2D eigenvalue weighted by Gasteiger charge is 2.04. The Labute approximate surface area is 128 Å². The average Bonchev–Trinajstić information content (AvgIpc) is 2.53. The molecular formula is C18H13ClN2. The Morgan fingerprint density at radius 1 is 1.00 bits per heavy atom. The van der Waals surface area contributed by atoms with Gasteiger partial charge in [0.2, 0.25) is 0 Å². The smallest absolute Gasteiger partial charge is 0.101 e. The summed E-state index contributed by atoms with van der Waals surface area (Å²) < 4.78 is 0. The molecule has 0 unspecified atom stereocenters. The Bertz CT molecular complexity index is 829. The van der Waals surface area contributed by atoms with E-state index in [2.05, 4.69) is 35.7 Å². The summed E-state index contributed by atoms with van der Waals surface area (Å²) in [5, 5.41) is 15.5. The molecule has 0 heterocycles. The molecular weight excluding hydrogens is 280 g/mol. The van der Waals surface area contributed by atoms with Crippen LogP contribution in [0.5, 0.6) is 0 Å². The first-order valence-corrected chi connectivity index (χ1v) is 7.06. The van der Waals surface area contributed by atoms with Crippen molar-refractivity contribution in [3.8, 4) is 6.07 Å². The third-order valence-electron chi connectivity index (χ3n) is 3.45. The monoisotopic (exact) mass is 292 g/mol. The molecule has 102 valence electrons. The van der Waals surface area contributed by atoms with Crippen molar-refractivity contribution in [1.82, 2.24) is 0 Å². The van der Waals surface area contributed by atoms with Gasteiger partial charge in [0.15, 0.2) is 0 Å². The highest BCUT2D eigenvalue weighted by molar-refractivity contribution is 6.30. The molecule has 0 atom stereocenters. The second-order valence-electron chi connectivity index (χ2n) is 4.79. The van der Waals surface area contributed by atoms with Crippen molar-refractivity contribution in [2.75, 3.05) is 5.32 Å². The summed E-state index contributed by atoms with van der Waals surface area (Å²) in [5.41, 5.74) is 2.56. The van der Waals surface area contributed by atoms with E-state index in [1.165, 1.54) is 16.3 Å². The van der Waals surface area contributed by atoms with E-state index in [1.54, 1.807) is 12.1 Å². The zero-order chi connectivity index (χ0) is 14.7. The van der Waals surface area contributed by atoms with Crippen LogP contribution in [0.1, 0.15) is 11.1 Å². The van der Waals surface area contributed by atoms with E-state index in [4.69, 9.17) is 16.9 Å². The van der Waals surface area contributed by atoms with Crippen LogP contribution in [0.15, 0.2) is 60.7 Å². The minimum Gasteiger partial charge on any atom is -0.380 e. The molecule has 0 aromatic heterocycles. The number of nitriles is 1. The van der Waals surface area contributed by atoms with Gasteiger partial charge in [-0.2, -0.15) is 5.26 Å². The zero-order valence-electron chi connectivity index (χ0n) is 11.3. The first kappa shape index (κ1) is 13.5. The van der Waals surface area contributed by atoms with Gasteiger partial charge in [-0.1, -0.05) is 54.1 Å². The summed E-state index contributed by atoms with van der Waals surface area (Å²) in [6.45, 7) is 0.664. The Morgan fingerprint density at radius 3 is 2.67 bits per heavy atom. The van der Waals surface area contributed by atoms with Gasteiger partial charge in [0, 0.05) is 11.6 Å². The minimum absolute atomic E-state index is 0.558.